The van der Waals surface area contributed by atoms with E-state index in [0.717, 1.165) is 25.1 Å². The van der Waals surface area contributed by atoms with Gasteiger partial charge in [0.1, 0.15) is 5.82 Å². The zero-order chi connectivity index (χ0) is 15.4. The topological polar surface area (TPSA) is 32.5 Å². The fourth-order valence-corrected chi connectivity index (χ4v) is 3.41. The molecule has 21 heavy (non-hydrogen) atoms. The Kier molecular flexibility index (Phi) is 5.73. The van der Waals surface area contributed by atoms with Gasteiger partial charge in [0, 0.05) is 25.2 Å². The molecule has 1 aromatic carbocycles. The van der Waals surface area contributed by atoms with Crippen molar-refractivity contribution in [2.75, 3.05) is 33.7 Å². The predicted molar refractivity (Wildman–Crippen MR) is 85.6 cm³/mol. The van der Waals surface area contributed by atoms with Crippen LogP contribution in [0.15, 0.2) is 24.3 Å². The van der Waals surface area contributed by atoms with Gasteiger partial charge >= 0.3 is 0 Å². The number of nitrogens with zero attached hydrogens (tertiary/aromatic N) is 2. The number of rotatable bonds is 6. The highest BCUT2D eigenvalue weighted by Crippen LogP contribution is 2.26. The molecule has 1 aromatic rings. The first kappa shape index (κ1) is 16.4. The molecule has 118 valence electrons. The molecular weight excluding hydrogens is 265 g/mol. The van der Waals surface area contributed by atoms with Gasteiger partial charge in [-0.25, -0.2) is 4.39 Å². The van der Waals surface area contributed by atoms with Crippen LogP contribution in [0.3, 0.4) is 0 Å². The highest BCUT2D eigenvalue weighted by atomic mass is 19.1. The van der Waals surface area contributed by atoms with Crippen molar-refractivity contribution in [1.29, 1.82) is 0 Å². The van der Waals surface area contributed by atoms with Crippen LogP contribution in [-0.4, -0.2) is 49.6 Å². The van der Waals surface area contributed by atoms with Crippen molar-refractivity contribution in [2.45, 2.75) is 31.8 Å². The fourth-order valence-electron chi connectivity index (χ4n) is 3.41. The molecule has 3 nitrogen and oxygen atoms in total. The van der Waals surface area contributed by atoms with Crippen molar-refractivity contribution in [3.05, 3.63) is 35.6 Å². The number of halogens is 1. The third kappa shape index (κ3) is 4.25. The Hall–Kier alpha value is -0.970. The predicted octanol–water partition coefficient (Wildman–Crippen LogP) is 2.49. The first-order chi connectivity index (χ1) is 10.0. The molecule has 0 radical (unpaired) electrons. The number of nitrogens with two attached hydrogens (primary N) is 1. The third-order valence-corrected chi connectivity index (χ3v) is 4.60. The molecule has 1 heterocycles. The van der Waals surface area contributed by atoms with Gasteiger partial charge in [-0.1, -0.05) is 19.1 Å². The number of benzene rings is 1. The minimum absolute atomic E-state index is 0.0691. The first-order valence-electron chi connectivity index (χ1n) is 7.91. The SMILES string of the molecule is CCC(N)C(c1ccc(F)cc1)N(C)CC1CCN(C)C1. The van der Waals surface area contributed by atoms with Crippen LogP contribution in [0.4, 0.5) is 4.39 Å². The summed E-state index contributed by atoms with van der Waals surface area (Å²) in [5.74, 6) is 0.509. The normalized spacial score (nSPS) is 22.7. The largest absolute Gasteiger partial charge is 0.326 e. The van der Waals surface area contributed by atoms with Crippen LogP contribution < -0.4 is 5.73 Å². The van der Waals surface area contributed by atoms with Gasteiger partial charge in [-0.05, 0) is 57.1 Å². The van der Waals surface area contributed by atoms with Gasteiger partial charge in [0.2, 0.25) is 0 Å². The molecule has 0 saturated carbocycles. The van der Waals surface area contributed by atoms with E-state index in [1.54, 1.807) is 0 Å². The van der Waals surface area contributed by atoms with Crippen LogP contribution in [0.1, 0.15) is 31.4 Å². The summed E-state index contributed by atoms with van der Waals surface area (Å²) in [5, 5.41) is 0. The van der Waals surface area contributed by atoms with Crippen LogP contribution in [0.5, 0.6) is 0 Å². The van der Waals surface area contributed by atoms with E-state index in [1.807, 2.05) is 12.1 Å². The monoisotopic (exact) mass is 293 g/mol. The van der Waals surface area contributed by atoms with Gasteiger partial charge in [0.25, 0.3) is 0 Å². The summed E-state index contributed by atoms with van der Waals surface area (Å²) in [5.41, 5.74) is 7.45. The summed E-state index contributed by atoms with van der Waals surface area (Å²) in [7, 11) is 4.32. The molecular formula is C17H28FN3. The standard InChI is InChI=1S/C17H28FN3/c1-4-16(19)17(14-5-7-15(18)8-6-14)21(3)12-13-9-10-20(2)11-13/h5-8,13,16-17H,4,9-12,19H2,1-3H3. The molecule has 1 aliphatic rings. The second-order valence-corrected chi connectivity index (χ2v) is 6.43. The van der Waals surface area contributed by atoms with Crippen LogP contribution in [0, 0.1) is 11.7 Å². The zero-order valence-corrected chi connectivity index (χ0v) is 13.4. The Bertz CT molecular complexity index is 434. The Labute approximate surface area is 127 Å². The lowest BCUT2D eigenvalue weighted by Gasteiger charge is -2.34. The molecule has 0 aromatic heterocycles. The minimum Gasteiger partial charge on any atom is -0.326 e. The summed E-state index contributed by atoms with van der Waals surface area (Å²) in [6, 6.07) is 7.02. The molecule has 3 atom stereocenters. The molecule has 2 N–H and O–H groups in total. The number of likely N-dealkylation sites (N-methyl/N-ethyl adjacent to an activating group) is 1. The highest BCUT2D eigenvalue weighted by Gasteiger charge is 2.27. The Balaban J connectivity index is 2.09. The van der Waals surface area contributed by atoms with E-state index in [-0.39, 0.29) is 17.9 Å². The van der Waals surface area contributed by atoms with Gasteiger partial charge < -0.3 is 10.6 Å². The van der Waals surface area contributed by atoms with Crippen LogP contribution >= 0.6 is 0 Å². The van der Waals surface area contributed by atoms with E-state index in [2.05, 4.69) is 30.8 Å². The molecule has 3 unspecified atom stereocenters. The lowest BCUT2D eigenvalue weighted by atomic mass is 9.95. The average Bonchev–Trinajstić information content (AvgIpc) is 2.86. The molecule has 0 amide bonds. The van der Waals surface area contributed by atoms with Crippen LogP contribution in [0.25, 0.3) is 0 Å². The molecule has 1 saturated heterocycles. The molecule has 0 aliphatic carbocycles. The summed E-state index contributed by atoms with van der Waals surface area (Å²) in [4.78, 5) is 4.73. The quantitative estimate of drug-likeness (QED) is 0.874. The maximum atomic E-state index is 13.2. The zero-order valence-electron chi connectivity index (χ0n) is 13.4. The molecule has 2 rings (SSSR count). The summed E-state index contributed by atoms with van der Waals surface area (Å²) in [6.07, 6.45) is 2.16. The van der Waals surface area contributed by atoms with Gasteiger partial charge in [0.15, 0.2) is 0 Å². The summed E-state index contributed by atoms with van der Waals surface area (Å²) < 4.78 is 13.2. The van der Waals surface area contributed by atoms with Gasteiger partial charge in [-0.15, -0.1) is 0 Å². The summed E-state index contributed by atoms with van der Waals surface area (Å²) in [6.45, 7) is 5.49. The average molecular weight is 293 g/mol. The molecule has 0 spiro atoms. The minimum atomic E-state index is -0.192. The number of hydrogen-bond acceptors (Lipinski definition) is 3. The van der Waals surface area contributed by atoms with Crippen molar-refractivity contribution in [2.24, 2.45) is 11.7 Å². The third-order valence-electron chi connectivity index (χ3n) is 4.60. The van der Waals surface area contributed by atoms with E-state index in [9.17, 15) is 4.39 Å². The van der Waals surface area contributed by atoms with Crippen molar-refractivity contribution in [1.82, 2.24) is 9.80 Å². The van der Waals surface area contributed by atoms with Crippen LogP contribution in [0.2, 0.25) is 0 Å². The fraction of sp³-hybridized carbons (Fsp3) is 0.647. The van der Waals surface area contributed by atoms with Crippen molar-refractivity contribution < 1.29 is 4.39 Å². The molecule has 4 heteroatoms. The second-order valence-electron chi connectivity index (χ2n) is 6.43. The van der Waals surface area contributed by atoms with Crippen molar-refractivity contribution in [3.8, 4) is 0 Å². The lowest BCUT2D eigenvalue weighted by Crippen LogP contribution is -2.41. The number of hydrogen-bond donors (Lipinski definition) is 1. The Morgan fingerprint density at radius 1 is 1.38 bits per heavy atom. The van der Waals surface area contributed by atoms with E-state index >= 15 is 0 Å². The smallest absolute Gasteiger partial charge is 0.123 e. The number of likely N-dealkylation sites (tertiary alicyclic amines) is 1. The second kappa shape index (κ2) is 7.34. The van der Waals surface area contributed by atoms with E-state index in [0.29, 0.717) is 5.92 Å². The van der Waals surface area contributed by atoms with Crippen molar-refractivity contribution in [3.63, 3.8) is 0 Å². The van der Waals surface area contributed by atoms with Crippen molar-refractivity contribution >= 4 is 0 Å². The Morgan fingerprint density at radius 2 is 2.05 bits per heavy atom. The van der Waals surface area contributed by atoms with Gasteiger partial charge in [0.05, 0.1) is 0 Å². The maximum Gasteiger partial charge on any atom is 0.123 e. The highest BCUT2D eigenvalue weighted by molar-refractivity contribution is 5.21. The van der Waals surface area contributed by atoms with E-state index < -0.39 is 0 Å². The Morgan fingerprint density at radius 3 is 2.57 bits per heavy atom. The molecule has 0 bridgehead atoms. The van der Waals surface area contributed by atoms with Gasteiger partial charge in [-0.2, -0.15) is 0 Å². The van der Waals surface area contributed by atoms with E-state index in [1.165, 1.54) is 25.1 Å². The first-order valence-corrected chi connectivity index (χ1v) is 7.91. The van der Waals surface area contributed by atoms with Gasteiger partial charge in [-0.3, -0.25) is 4.90 Å². The molecule has 1 fully saturated rings. The van der Waals surface area contributed by atoms with Crippen LogP contribution in [-0.2, 0) is 0 Å². The lowest BCUT2D eigenvalue weighted by molar-refractivity contribution is 0.180. The maximum absolute atomic E-state index is 13.2. The van der Waals surface area contributed by atoms with E-state index in [4.69, 9.17) is 5.73 Å². The molecule has 1 aliphatic heterocycles. The summed E-state index contributed by atoms with van der Waals surface area (Å²) >= 11 is 0.